The van der Waals surface area contributed by atoms with Gasteiger partial charge in [-0.25, -0.2) is 4.79 Å². The van der Waals surface area contributed by atoms with Gasteiger partial charge in [0.15, 0.2) is 12.4 Å². The molecule has 0 amide bonds. The summed E-state index contributed by atoms with van der Waals surface area (Å²) in [6, 6.07) is 4.64. The highest BCUT2D eigenvalue weighted by Crippen LogP contribution is 2.67. The number of hydrogen-bond acceptors (Lipinski definition) is 8. The van der Waals surface area contributed by atoms with Crippen molar-refractivity contribution in [3.63, 3.8) is 0 Å². The SMILES string of the molecule is C[C@]12CCC(=O)C=C1CC[C@@H]1[C@@H]2[C@@H](O)C[C@@]2(C)[C@H]1CC[C@]2(O)C(=O)COC(=O)c1cccc(S(=O)(=O)O)c1. The largest absolute Gasteiger partial charge is 0.454 e. The summed E-state index contributed by atoms with van der Waals surface area (Å²) in [5.74, 6) is -1.46. The molecule has 4 aliphatic carbocycles. The minimum absolute atomic E-state index is 0.0111. The quantitative estimate of drug-likeness (QED) is 0.373. The molecule has 0 aliphatic heterocycles. The Morgan fingerprint density at radius 1 is 1.13 bits per heavy atom. The Labute approximate surface area is 222 Å². The molecule has 206 valence electrons. The molecule has 0 aromatic heterocycles. The maximum absolute atomic E-state index is 13.4. The van der Waals surface area contributed by atoms with Crippen LogP contribution in [0.15, 0.2) is 40.8 Å². The number of carbonyl (C=O) groups excluding carboxylic acids is 3. The van der Waals surface area contributed by atoms with Gasteiger partial charge in [-0.1, -0.05) is 25.5 Å². The van der Waals surface area contributed by atoms with Crippen LogP contribution in [-0.2, 0) is 24.4 Å². The van der Waals surface area contributed by atoms with E-state index in [0.29, 0.717) is 19.3 Å². The summed E-state index contributed by atoms with van der Waals surface area (Å²) >= 11 is 0. The third-order valence-electron chi connectivity index (χ3n) is 10.2. The summed E-state index contributed by atoms with van der Waals surface area (Å²) in [5.41, 5.74) is -2.04. The molecule has 0 heterocycles. The molecule has 10 heteroatoms. The van der Waals surface area contributed by atoms with Gasteiger partial charge in [-0.15, -0.1) is 0 Å². The highest BCUT2D eigenvalue weighted by Gasteiger charge is 2.68. The van der Waals surface area contributed by atoms with Crippen LogP contribution in [0.4, 0.5) is 0 Å². The number of benzene rings is 1. The normalized spacial score (nSPS) is 38.4. The number of hydrogen-bond donors (Lipinski definition) is 3. The maximum atomic E-state index is 13.4. The van der Waals surface area contributed by atoms with Gasteiger partial charge in [0.2, 0.25) is 5.78 Å². The molecule has 7 atom stereocenters. The van der Waals surface area contributed by atoms with Crippen molar-refractivity contribution in [2.45, 2.75) is 75.4 Å². The molecule has 3 N–H and O–H groups in total. The lowest BCUT2D eigenvalue weighted by atomic mass is 9.45. The number of ether oxygens (including phenoxy) is 1. The van der Waals surface area contributed by atoms with E-state index in [1.54, 1.807) is 6.08 Å². The molecule has 1 aromatic carbocycles. The molecule has 0 bridgehead atoms. The average Bonchev–Trinajstić information content (AvgIpc) is 3.13. The van der Waals surface area contributed by atoms with E-state index >= 15 is 0 Å². The van der Waals surface area contributed by atoms with Crippen molar-refractivity contribution >= 4 is 27.7 Å². The number of ketones is 2. The van der Waals surface area contributed by atoms with Crippen LogP contribution in [0.3, 0.4) is 0 Å². The fraction of sp³-hybridized carbons (Fsp3) is 0.607. The number of aliphatic hydroxyl groups excluding tert-OH is 1. The third kappa shape index (κ3) is 4.08. The van der Waals surface area contributed by atoms with Gasteiger partial charge in [-0.2, -0.15) is 8.42 Å². The third-order valence-corrected chi connectivity index (χ3v) is 11.1. The molecule has 5 rings (SSSR count). The fourth-order valence-electron chi connectivity index (χ4n) is 8.27. The van der Waals surface area contributed by atoms with Gasteiger partial charge in [0.25, 0.3) is 10.1 Å². The first-order chi connectivity index (χ1) is 17.7. The Hall–Kier alpha value is -2.40. The second kappa shape index (κ2) is 9.08. The van der Waals surface area contributed by atoms with Crippen LogP contribution in [-0.4, -0.2) is 59.0 Å². The van der Waals surface area contributed by atoms with Gasteiger partial charge in [0.1, 0.15) is 5.60 Å². The van der Waals surface area contributed by atoms with Crippen LogP contribution in [0.1, 0.15) is 69.2 Å². The number of rotatable bonds is 5. The molecule has 0 radical (unpaired) electrons. The lowest BCUT2D eigenvalue weighted by Crippen LogP contribution is -2.62. The zero-order chi connectivity index (χ0) is 27.7. The topological polar surface area (TPSA) is 155 Å². The van der Waals surface area contributed by atoms with Crippen LogP contribution in [0, 0.1) is 28.6 Å². The first-order valence-electron chi connectivity index (χ1n) is 13.1. The van der Waals surface area contributed by atoms with E-state index in [2.05, 4.69) is 6.92 Å². The van der Waals surface area contributed by atoms with E-state index in [4.69, 9.17) is 4.74 Å². The summed E-state index contributed by atoms with van der Waals surface area (Å²) in [6.45, 7) is 3.28. The van der Waals surface area contributed by atoms with E-state index in [1.165, 1.54) is 12.1 Å². The lowest BCUT2D eigenvalue weighted by Gasteiger charge is -2.60. The molecule has 0 unspecified atom stereocenters. The zero-order valence-corrected chi connectivity index (χ0v) is 22.4. The second-order valence-corrected chi connectivity index (χ2v) is 13.4. The van der Waals surface area contributed by atoms with Crippen molar-refractivity contribution in [1.82, 2.24) is 0 Å². The monoisotopic (exact) mass is 546 g/mol. The minimum atomic E-state index is -4.52. The minimum Gasteiger partial charge on any atom is -0.454 e. The van der Waals surface area contributed by atoms with Gasteiger partial charge in [0, 0.05) is 11.8 Å². The molecule has 0 saturated heterocycles. The summed E-state index contributed by atoms with van der Waals surface area (Å²) in [7, 11) is -4.52. The van der Waals surface area contributed by atoms with Crippen molar-refractivity contribution in [2.24, 2.45) is 28.6 Å². The zero-order valence-electron chi connectivity index (χ0n) is 21.6. The summed E-state index contributed by atoms with van der Waals surface area (Å²) in [5, 5.41) is 23.2. The Bertz CT molecular complexity index is 1330. The molecule has 9 nitrogen and oxygen atoms in total. The van der Waals surface area contributed by atoms with E-state index in [9.17, 15) is 37.6 Å². The summed E-state index contributed by atoms with van der Waals surface area (Å²) in [6.07, 6.45) is 4.70. The van der Waals surface area contributed by atoms with E-state index in [1.807, 2.05) is 6.92 Å². The van der Waals surface area contributed by atoms with E-state index < -0.39 is 50.5 Å². The highest BCUT2D eigenvalue weighted by atomic mass is 32.2. The fourth-order valence-corrected chi connectivity index (χ4v) is 8.79. The van der Waals surface area contributed by atoms with Gasteiger partial charge in [-0.05, 0) is 86.0 Å². The van der Waals surface area contributed by atoms with Crippen molar-refractivity contribution in [1.29, 1.82) is 0 Å². The van der Waals surface area contributed by atoms with Crippen molar-refractivity contribution in [3.8, 4) is 0 Å². The Morgan fingerprint density at radius 3 is 2.58 bits per heavy atom. The van der Waals surface area contributed by atoms with E-state index in [0.717, 1.165) is 30.5 Å². The summed E-state index contributed by atoms with van der Waals surface area (Å²) in [4.78, 5) is 37.5. The van der Waals surface area contributed by atoms with Gasteiger partial charge in [0.05, 0.1) is 16.6 Å². The molecule has 3 fully saturated rings. The van der Waals surface area contributed by atoms with Gasteiger partial charge >= 0.3 is 5.97 Å². The Morgan fingerprint density at radius 2 is 1.87 bits per heavy atom. The maximum Gasteiger partial charge on any atom is 0.338 e. The number of Topliss-reactive ketones (excluding diaryl/α,β-unsaturated/α-hetero) is 1. The lowest BCUT2D eigenvalue weighted by molar-refractivity contribution is -0.182. The number of fused-ring (bicyclic) bond motifs is 5. The predicted octanol–water partition coefficient (Wildman–Crippen LogP) is 2.89. The number of allylic oxidation sites excluding steroid dienone is 1. The van der Waals surface area contributed by atoms with Crippen LogP contribution < -0.4 is 0 Å². The van der Waals surface area contributed by atoms with Crippen molar-refractivity contribution < 1.29 is 42.3 Å². The van der Waals surface area contributed by atoms with Crippen LogP contribution >= 0.6 is 0 Å². The smallest absolute Gasteiger partial charge is 0.338 e. The number of carbonyl (C=O) groups is 3. The Kier molecular flexibility index (Phi) is 6.49. The van der Waals surface area contributed by atoms with Crippen LogP contribution in [0.25, 0.3) is 0 Å². The average molecular weight is 547 g/mol. The molecule has 38 heavy (non-hydrogen) atoms. The second-order valence-electron chi connectivity index (χ2n) is 12.0. The molecule has 3 saturated carbocycles. The number of esters is 1. The van der Waals surface area contributed by atoms with Gasteiger partial charge < -0.3 is 14.9 Å². The standard InChI is InChI=1S/C28H34O9S/c1-26-10-8-18(29)13-17(26)6-7-20-21-9-11-28(33,27(21,2)14-22(30)24(20)26)23(31)15-37-25(32)16-4-3-5-19(12-16)38(34,35)36/h3-5,12-13,20-22,24,30,33H,6-11,14-15H2,1-2H3,(H,34,35,36)/t20-,21-,22-,24+,26-,27-,28-/m0/s1. The van der Waals surface area contributed by atoms with Crippen molar-refractivity contribution in [3.05, 3.63) is 41.5 Å². The molecule has 1 aromatic rings. The molecule has 4 aliphatic rings. The Balaban J connectivity index is 1.34. The van der Waals surface area contributed by atoms with E-state index in [-0.39, 0.29) is 47.4 Å². The summed E-state index contributed by atoms with van der Waals surface area (Å²) < 4.78 is 37.1. The van der Waals surface area contributed by atoms with Crippen LogP contribution in [0.5, 0.6) is 0 Å². The first kappa shape index (κ1) is 27.2. The molecular formula is C28H34O9S. The van der Waals surface area contributed by atoms with Crippen molar-refractivity contribution in [2.75, 3.05) is 6.61 Å². The molecular weight excluding hydrogens is 512 g/mol. The first-order valence-corrected chi connectivity index (χ1v) is 14.6. The predicted molar refractivity (Wildman–Crippen MR) is 135 cm³/mol. The molecule has 0 spiro atoms. The van der Waals surface area contributed by atoms with Gasteiger partial charge in [-0.3, -0.25) is 14.1 Å². The van der Waals surface area contributed by atoms with Crippen LogP contribution in [0.2, 0.25) is 0 Å². The highest BCUT2D eigenvalue weighted by molar-refractivity contribution is 7.85. The number of aliphatic hydroxyl groups is 2.